The topological polar surface area (TPSA) is 104 Å². The van der Waals surface area contributed by atoms with Crippen LogP contribution in [0.5, 0.6) is 0 Å². The van der Waals surface area contributed by atoms with E-state index >= 15 is 0 Å². The molecule has 2 atom stereocenters. The number of furan rings is 2. The third-order valence-electron chi connectivity index (χ3n) is 14.6. The smallest absolute Gasteiger partial charge is 0.199 e. The molecule has 0 saturated heterocycles. The lowest BCUT2D eigenvalue weighted by molar-refractivity contribution is 0.624. The van der Waals surface area contributed by atoms with Gasteiger partial charge in [0.25, 0.3) is 0 Å². The highest BCUT2D eigenvalue weighted by Crippen LogP contribution is 2.57. The molecule has 4 aromatic heterocycles. The van der Waals surface area contributed by atoms with Crippen molar-refractivity contribution in [3.05, 3.63) is 264 Å². The molecule has 0 spiro atoms. The van der Waals surface area contributed by atoms with Crippen LogP contribution in [0, 0.1) is 0 Å². The summed E-state index contributed by atoms with van der Waals surface area (Å²) in [5, 5.41) is 2.00. The molecule has 0 saturated carbocycles. The van der Waals surface area contributed by atoms with Crippen LogP contribution in [0.1, 0.15) is 45.2 Å². The van der Waals surface area contributed by atoms with E-state index in [0.717, 1.165) is 55.3 Å². The number of aromatic nitrogens is 6. The zero-order valence-corrected chi connectivity index (χ0v) is 39.6. The van der Waals surface area contributed by atoms with Crippen LogP contribution in [-0.2, 0) is 0 Å². The molecule has 8 nitrogen and oxygen atoms in total. The number of fused-ring (bicyclic) bond motifs is 2. The second-order valence-corrected chi connectivity index (χ2v) is 19.0. The van der Waals surface area contributed by atoms with Crippen molar-refractivity contribution in [2.24, 2.45) is 0 Å². The van der Waals surface area contributed by atoms with Gasteiger partial charge in [0, 0.05) is 44.9 Å². The summed E-state index contributed by atoms with van der Waals surface area (Å²) >= 11 is 0. The number of para-hydroxylation sites is 2. The lowest BCUT2D eigenvalue weighted by atomic mass is 9.60. The Morgan fingerprint density at radius 3 is 0.946 bits per heavy atom. The fourth-order valence-electron chi connectivity index (χ4n) is 11.0. The van der Waals surface area contributed by atoms with Crippen LogP contribution in [0.3, 0.4) is 0 Å². The summed E-state index contributed by atoms with van der Waals surface area (Å²) in [4.78, 5) is 29.7. The molecule has 0 fully saturated rings. The largest absolute Gasteiger partial charge is 0.453 e. The van der Waals surface area contributed by atoms with Crippen molar-refractivity contribution in [3.8, 4) is 91.0 Å². The Hall–Kier alpha value is -9.92. The third-order valence-corrected chi connectivity index (χ3v) is 14.6. The maximum atomic E-state index is 6.24. The molecule has 3 aliphatic rings. The number of benzene rings is 9. The molecule has 2 unspecified atom stereocenters. The van der Waals surface area contributed by atoms with Crippen molar-refractivity contribution in [1.82, 2.24) is 29.9 Å². The lowest BCUT2D eigenvalue weighted by Crippen LogP contribution is -2.27. The van der Waals surface area contributed by atoms with Crippen molar-refractivity contribution >= 4 is 21.9 Å². The quantitative estimate of drug-likeness (QED) is 0.148. The van der Waals surface area contributed by atoms with Gasteiger partial charge in [0.05, 0.1) is 0 Å². The Morgan fingerprint density at radius 1 is 0.230 bits per heavy atom. The SMILES string of the molecule is c1ccc(-c2nc(-c3ccc(-c4ccc5c(c4)C4c6ccccc6C5c5cc(-c6ccc(-c7nc(-c8ccccc8)nc(-c8cc9ccccc9o8)n7)cc6)ccc54)cc3)nc(-c3cc4ccccc4o3)n2)cc1. The van der Waals surface area contributed by atoms with Crippen LogP contribution >= 0.6 is 0 Å². The number of hydrogen-bond donors (Lipinski definition) is 0. The molecule has 4 heterocycles. The van der Waals surface area contributed by atoms with Gasteiger partial charge in [-0.1, -0.05) is 194 Å². The molecule has 2 bridgehead atoms. The number of hydrogen-bond acceptors (Lipinski definition) is 8. The Bertz CT molecular complexity index is 3970. The van der Waals surface area contributed by atoms with E-state index in [4.69, 9.17) is 38.7 Å². The van der Waals surface area contributed by atoms with E-state index in [0.29, 0.717) is 46.5 Å². The molecule has 13 aromatic rings. The lowest BCUT2D eigenvalue weighted by Gasteiger charge is -2.42. The average Bonchev–Trinajstić information content (AvgIpc) is 4.13. The van der Waals surface area contributed by atoms with Gasteiger partial charge in [0.1, 0.15) is 11.2 Å². The zero-order valence-electron chi connectivity index (χ0n) is 39.6. The summed E-state index contributed by atoms with van der Waals surface area (Å²) in [6.45, 7) is 0. The molecular weight excluding hydrogens is 909 g/mol. The van der Waals surface area contributed by atoms with Crippen molar-refractivity contribution in [2.45, 2.75) is 11.8 Å². The van der Waals surface area contributed by atoms with Crippen molar-refractivity contribution in [2.75, 3.05) is 0 Å². The summed E-state index contributed by atoms with van der Waals surface area (Å²) in [6, 6.07) is 80.1. The van der Waals surface area contributed by atoms with E-state index in [1.54, 1.807) is 0 Å². The molecule has 74 heavy (non-hydrogen) atoms. The minimum Gasteiger partial charge on any atom is -0.453 e. The van der Waals surface area contributed by atoms with Crippen molar-refractivity contribution in [3.63, 3.8) is 0 Å². The minimum atomic E-state index is 0.110. The first kappa shape index (κ1) is 41.8. The van der Waals surface area contributed by atoms with Crippen LogP contribution in [0.2, 0.25) is 0 Å². The summed E-state index contributed by atoms with van der Waals surface area (Å²) < 4.78 is 12.5. The molecule has 0 aliphatic heterocycles. The Kier molecular flexibility index (Phi) is 9.53. The molecular formula is C66H40N6O2. The van der Waals surface area contributed by atoms with Gasteiger partial charge in [-0.05, 0) is 92.0 Å². The molecule has 3 aliphatic carbocycles. The van der Waals surface area contributed by atoms with Gasteiger partial charge in [-0.3, -0.25) is 0 Å². The van der Waals surface area contributed by atoms with Crippen LogP contribution in [-0.4, -0.2) is 29.9 Å². The first-order valence-electron chi connectivity index (χ1n) is 24.8. The van der Waals surface area contributed by atoms with Gasteiger partial charge in [0.2, 0.25) is 0 Å². The predicted molar refractivity (Wildman–Crippen MR) is 291 cm³/mol. The van der Waals surface area contributed by atoms with Crippen LogP contribution < -0.4 is 0 Å². The highest BCUT2D eigenvalue weighted by molar-refractivity contribution is 5.84. The van der Waals surface area contributed by atoms with E-state index < -0.39 is 0 Å². The maximum absolute atomic E-state index is 6.24. The fourth-order valence-corrected chi connectivity index (χ4v) is 11.0. The van der Waals surface area contributed by atoms with E-state index in [1.807, 2.05) is 121 Å². The van der Waals surface area contributed by atoms with Crippen molar-refractivity contribution < 1.29 is 8.83 Å². The molecule has 0 amide bonds. The highest BCUT2D eigenvalue weighted by Gasteiger charge is 2.41. The first-order chi connectivity index (χ1) is 36.6. The molecule has 0 radical (unpaired) electrons. The zero-order chi connectivity index (χ0) is 48.7. The standard InChI is InChI=1S/C66H40N6O2/c1-3-13-41(14-4-1)61-67-63(71-65(69-61)57-37-47-17-7-11-21-55(47)73-57)43-27-23-39(24-28-43)45-31-33-51-53(35-45)59-49-19-9-10-20-50(49)60(51)54-36-46(32-34-52(54)59)40-25-29-44(30-26-40)64-68-62(42-15-5-2-6-16-42)70-66(72-64)58-38-48-18-8-12-22-56(48)74-58/h1-38,59-60H. The van der Waals surface area contributed by atoms with E-state index in [2.05, 4.69) is 109 Å². The second kappa shape index (κ2) is 16.9. The number of rotatable bonds is 8. The Labute approximate surface area is 425 Å². The Balaban J connectivity index is 0.748. The first-order valence-corrected chi connectivity index (χ1v) is 24.8. The summed E-state index contributed by atoms with van der Waals surface area (Å²) in [5.74, 6) is 4.76. The average molecular weight is 949 g/mol. The highest BCUT2D eigenvalue weighted by atomic mass is 16.3. The monoisotopic (exact) mass is 948 g/mol. The van der Waals surface area contributed by atoms with Crippen LogP contribution in [0.25, 0.3) is 113 Å². The Morgan fingerprint density at radius 2 is 0.541 bits per heavy atom. The molecule has 9 aromatic carbocycles. The minimum absolute atomic E-state index is 0.110. The van der Waals surface area contributed by atoms with Gasteiger partial charge in [-0.2, -0.15) is 0 Å². The third kappa shape index (κ3) is 7.06. The van der Waals surface area contributed by atoms with E-state index in [9.17, 15) is 0 Å². The van der Waals surface area contributed by atoms with Crippen LogP contribution in [0.4, 0.5) is 0 Å². The van der Waals surface area contributed by atoms with Gasteiger partial charge in [-0.15, -0.1) is 0 Å². The maximum Gasteiger partial charge on any atom is 0.199 e. The van der Waals surface area contributed by atoms with Crippen molar-refractivity contribution in [1.29, 1.82) is 0 Å². The summed E-state index contributed by atoms with van der Waals surface area (Å²) in [6.07, 6.45) is 0. The molecule has 346 valence electrons. The van der Waals surface area contributed by atoms with Gasteiger partial charge < -0.3 is 8.83 Å². The molecule has 0 N–H and O–H groups in total. The fraction of sp³-hybridized carbons (Fsp3) is 0.0303. The van der Waals surface area contributed by atoms with Gasteiger partial charge in [-0.25, -0.2) is 29.9 Å². The normalized spacial score (nSPS) is 14.2. The van der Waals surface area contributed by atoms with Crippen LogP contribution in [0.15, 0.2) is 239 Å². The van der Waals surface area contributed by atoms with Gasteiger partial charge in [0.15, 0.2) is 46.5 Å². The van der Waals surface area contributed by atoms with Gasteiger partial charge >= 0.3 is 0 Å². The second-order valence-electron chi connectivity index (χ2n) is 19.0. The van der Waals surface area contributed by atoms with E-state index in [1.165, 1.54) is 44.5 Å². The summed E-state index contributed by atoms with van der Waals surface area (Å²) in [7, 11) is 0. The predicted octanol–water partition coefficient (Wildman–Crippen LogP) is 15.9. The summed E-state index contributed by atoms with van der Waals surface area (Å²) in [5.41, 5.74) is 18.0. The number of nitrogens with zero attached hydrogens (tertiary/aromatic N) is 6. The molecule has 16 rings (SSSR count). The van der Waals surface area contributed by atoms with E-state index in [-0.39, 0.29) is 11.8 Å². The molecule has 8 heteroatoms.